The van der Waals surface area contributed by atoms with Gasteiger partial charge < -0.3 is 9.47 Å². The van der Waals surface area contributed by atoms with Crippen molar-refractivity contribution in [1.29, 1.82) is 0 Å². The Labute approximate surface area is 151 Å². The van der Waals surface area contributed by atoms with Gasteiger partial charge in [0.25, 0.3) is 0 Å². The number of hydrogen-bond donors (Lipinski definition) is 0. The first-order chi connectivity index (χ1) is 12.2. The van der Waals surface area contributed by atoms with Crippen molar-refractivity contribution in [1.82, 2.24) is 18.8 Å². The number of pyridine rings is 1. The Hall–Kier alpha value is -2.52. The molecule has 0 unspecified atom stereocenters. The molecule has 26 heavy (non-hydrogen) atoms. The van der Waals surface area contributed by atoms with Crippen LogP contribution in [0.1, 0.15) is 5.56 Å². The number of benzene rings is 1. The van der Waals surface area contributed by atoms with Crippen molar-refractivity contribution in [2.75, 3.05) is 25.3 Å². The molecule has 1 aromatic carbocycles. The summed E-state index contributed by atoms with van der Waals surface area (Å²) in [6.45, 7) is 0.110. The number of aryl methyl sites for hydroxylation is 1. The highest BCUT2D eigenvalue weighted by Gasteiger charge is 2.15. The van der Waals surface area contributed by atoms with Gasteiger partial charge in [-0.1, -0.05) is 6.07 Å². The van der Waals surface area contributed by atoms with Crippen molar-refractivity contribution in [2.24, 2.45) is 7.05 Å². The molecule has 0 aliphatic carbocycles. The minimum absolute atomic E-state index is 0.110. The van der Waals surface area contributed by atoms with E-state index >= 15 is 0 Å². The molecule has 0 fully saturated rings. The predicted molar refractivity (Wildman–Crippen MR) is 99.3 cm³/mol. The molecular formula is C17H20FN5O2S. The third-order valence-corrected chi connectivity index (χ3v) is 5.55. The predicted octanol–water partition coefficient (Wildman–Crippen LogP) is 2.27. The summed E-state index contributed by atoms with van der Waals surface area (Å²) >= 11 is 0. The van der Waals surface area contributed by atoms with Gasteiger partial charge in [-0.25, -0.2) is 27.1 Å². The molecule has 0 spiro atoms. The van der Waals surface area contributed by atoms with Gasteiger partial charge in [0.05, 0.1) is 30.0 Å². The van der Waals surface area contributed by atoms with E-state index in [2.05, 4.69) is 9.97 Å². The Morgan fingerprint density at radius 1 is 1.19 bits per heavy atom. The van der Waals surface area contributed by atoms with E-state index in [1.54, 1.807) is 36.6 Å². The molecule has 3 rings (SSSR count). The molecule has 0 amide bonds. The van der Waals surface area contributed by atoms with Gasteiger partial charge in [0, 0.05) is 33.8 Å². The van der Waals surface area contributed by atoms with E-state index in [4.69, 9.17) is 0 Å². The van der Waals surface area contributed by atoms with Gasteiger partial charge in [-0.3, -0.25) is 0 Å². The van der Waals surface area contributed by atoms with Gasteiger partial charge in [0.15, 0.2) is 0 Å². The van der Waals surface area contributed by atoms with Gasteiger partial charge in [0.1, 0.15) is 17.2 Å². The first kappa shape index (κ1) is 18.3. The van der Waals surface area contributed by atoms with Crippen LogP contribution in [0.3, 0.4) is 0 Å². The van der Waals surface area contributed by atoms with Crippen LogP contribution in [0.2, 0.25) is 0 Å². The van der Waals surface area contributed by atoms with Gasteiger partial charge >= 0.3 is 0 Å². The molecule has 9 heteroatoms. The van der Waals surface area contributed by atoms with Crippen molar-refractivity contribution >= 4 is 32.6 Å². The van der Waals surface area contributed by atoms with Crippen LogP contribution in [0.5, 0.6) is 0 Å². The van der Waals surface area contributed by atoms with E-state index in [1.807, 2.05) is 17.7 Å². The monoisotopic (exact) mass is 377 g/mol. The highest BCUT2D eigenvalue weighted by atomic mass is 32.2. The van der Waals surface area contributed by atoms with Crippen LogP contribution in [0.4, 0.5) is 15.9 Å². The number of aromatic nitrogens is 3. The molecule has 0 radical (unpaired) electrons. The van der Waals surface area contributed by atoms with Gasteiger partial charge in [0.2, 0.25) is 10.0 Å². The molecule has 2 heterocycles. The number of halogens is 1. The van der Waals surface area contributed by atoms with E-state index in [9.17, 15) is 12.8 Å². The third-order valence-electron chi connectivity index (χ3n) is 4.29. The first-order valence-electron chi connectivity index (χ1n) is 7.87. The van der Waals surface area contributed by atoms with Crippen molar-refractivity contribution in [3.8, 4) is 0 Å². The molecule has 0 saturated heterocycles. The van der Waals surface area contributed by atoms with E-state index < -0.39 is 15.8 Å². The van der Waals surface area contributed by atoms with Crippen LogP contribution < -0.4 is 4.90 Å². The standard InChI is InChI=1S/C17H20FN5O2S/c1-21-11-20-14-9-19-17(8-16(14)21)23(3)15-6-5-12(7-13(15)18)10-22(2)26(4,24)25/h5-9,11H,10H2,1-4H3. The normalized spacial score (nSPS) is 12.1. The summed E-state index contributed by atoms with van der Waals surface area (Å²) in [6, 6.07) is 6.51. The quantitative estimate of drug-likeness (QED) is 0.682. The third kappa shape index (κ3) is 3.54. The van der Waals surface area contributed by atoms with E-state index in [0.717, 1.165) is 17.3 Å². The minimum Gasteiger partial charge on any atom is -0.334 e. The maximum atomic E-state index is 14.6. The van der Waals surface area contributed by atoms with E-state index in [-0.39, 0.29) is 6.54 Å². The highest BCUT2D eigenvalue weighted by molar-refractivity contribution is 7.88. The Kier molecular flexibility index (Phi) is 4.68. The second-order valence-corrected chi connectivity index (χ2v) is 8.34. The summed E-state index contributed by atoms with van der Waals surface area (Å²) < 4.78 is 40.7. The second-order valence-electron chi connectivity index (χ2n) is 6.25. The lowest BCUT2D eigenvalue weighted by molar-refractivity contribution is 0.471. The van der Waals surface area contributed by atoms with Gasteiger partial charge in [-0.15, -0.1) is 0 Å². The number of hydrogen-bond acceptors (Lipinski definition) is 5. The number of fused-ring (bicyclic) bond motifs is 1. The Balaban J connectivity index is 1.89. The second kappa shape index (κ2) is 6.65. The maximum Gasteiger partial charge on any atom is 0.211 e. The van der Waals surface area contributed by atoms with Crippen molar-refractivity contribution < 1.29 is 12.8 Å². The summed E-state index contributed by atoms with van der Waals surface area (Å²) in [7, 11) is 1.75. The molecule has 0 aliphatic rings. The lowest BCUT2D eigenvalue weighted by atomic mass is 10.2. The molecule has 0 N–H and O–H groups in total. The molecular weight excluding hydrogens is 357 g/mol. The van der Waals surface area contributed by atoms with Crippen molar-refractivity contribution in [3.63, 3.8) is 0 Å². The van der Waals surface area contributed by atoms with Crippen LogP contribution in [0, 0.1) is 5.82 Å². The molecule has 2 aromatic heterocycles. The zero-order valence-corrected chi connectivity index (χ0v) is 15.8. The molecule has 0 saturated carbocycles. The largest absolute Gasteiger partial charge is 0.334 e. The van der Waals surface area contributed by atoms with E-state index in [1.165, 1.54) is 17.4 Å². The van der Waals surface area contributed by atoms with Crippen LogP contribution in [0.25, 0.3) is 11.0 Å². The number of anilines is 2. The molecule has 0 atom stereocenters. The fraction of sp³-hybridized carbons (Fsp3) is 0.294. The molecule has 0 aliphatic heterocycles. The fourth-order valence-electron chi connectivity index (χ4n) is 2.62. The zero-order chi connectivity index (χ0) is 19.1. The van der Waals surface area contributed by atoms with Gasteiger partial charge in [-0.05, 0) is 17.7 Å². The van der Waals surface area contributed by atoms with Crippen molar-refractivity contribution in [2.45, 2.75) is 6.54 Å². The average molecular weight is 377 g/mol. The fourth-order valence-corrected chi connectivity index (χ4v) is 3.01. The number of imidazole rings is 1. The van der Waals surface area contributed by atoms with Crippen LogP contribution in [0.15, 0.2) is 36.8 Å². The summed E-state index contributed by atoms with van der Waals surface area (Å²) in [5.41, 5.74) is 2.59. The Morgan fingerprint density at radius 2 is 1.92 bits per heavy atom. The number of rotatable bonds is 5. The van der Waals surface area contributed by atoms with Crippen molar-refractivity contribution in [3.05, 3.63) is 48.2 Å². The van der Waals surface area contributed by atoms with Gasteiger partial charge in [-0.2, -0.15) is 0 Å². The highest BCUT2D eigenvalue weighted by Crippen LogP contribution is 2.27. The van der Waals surface area contributed by atoms with Crippen LogP contribution in [-0.2, 0) is 23.6 Å². The number of nitrogens with zero attached hydrogens (tertiary/aromatic N) is 5. The lowest BCUT2D eigenvalue weighted by Crippen LogP contribution is -2.25. The minimum atomic E-state index is -3.32. The summed E-state index contributed by atoms with van der Waals surface area (Å²) in [5, 5.41) is 0. The lowest BCUT2D eigenvalue weighted by Gasteiger charge is -2.20. The first-order valence-corrected chi connectivity index (χ1v) is 9.72. The van der Waals surface area contributed by atoms with Crippen LogP contribution >= 0.6 is 0 Å². The summed E-state index contributed by atoms with van der Waals surface area (Å²) in [6.07, 6.45) is 4.46. The smallest absolute Gasteiger partial charge is 0.211 e. The molecule has 138 valence electrons. The van der Waals surface area contributed by atoms with Crippen LogP contribution in [-0.4, -0.2) is 47.6 Å². The molecule has 3 aromatic rings. The molecule has 7 nitrogen and oxygen atoms in total. The Bertz CT molecular complexity index is 1060. The maximum absolute atomic E-state index is 14.6. The zero-order valence-electron chi connectivity index (χ0n) is 15.0. The topological polar surface area (TPSA) is 71.3 Å². The summed E-state index contributed by atoms with van der Waals surface area (Å²) in [4.78, 5) is 10.2. The van der Waals surface area contributed by atoms with E-state index in [0.29, 0.717) is 17.1 Å². The molecule has 0 bridgehead atoms. The SMILES string of the molecule is CN(c1cc2c(cn1)ncn2C)c1ccc(CN(C)S(C)(=O)=O)cc1F. The Morgan fingerprint density at radius 3 is 2.58 bits per heavy atom. The average Bonchev–Trinajstić information content (AvgIpc) is 2.94. The summed E-state index contributed by atoms with van der Waals surface area (Å²) in [5.74, 6) is 0.139. The number of sulfonamides is 1.